The molecule has 1 aromatic heterocycles. The van der Waals surface area contributed by atoms with Gasteiger partial charge in [-0.15, -0.1) is 0 Å². The Balaban J connectivity index is 1.91. The van der Waals surface area contributed by atoms with Crippen molar-refractivity contribution in [3.63, 3.8) is 0 Å². The van der Waals surface area contributed by atoms with Crippen LogP contribution in [0.15, 0.2) is 60.9 Å². The van der Waals surface area contributed by atoms with E-state index < -0.39 is 25.6 Å². The van der Waals surface area contributed by atoms with Crippen molar-refractivity contribution < 1.29 is 14.3 Å². The van der Waals surface area contributed by atoms with E-state index in [1.807, 2.05) is 43.3 Å². The van der Waals surface area contributed by atoms with Crippen LogP contribution in [0.5, 0.6) is 0 Å². The number of nitrogens with two attached hydrogens (primary N) is 1. The second kappa shape index (κ2) is 8.67. The highest BCUT2D eigenvalue weighted by molar-refractivity contribution is 6.88. The molecule has 1 aliphatic rings. The van der Waals surface area contributed by atoms with Crippen molar-refractivity contribution in [2.45, 2.75) is 45.0 Å². The molecule has 1 aliphatic heterocycles. The number of nitrogens with one attached hydrogen (secondary N) is 1. The van der Waals surface area contributed by atoms with E-state index in [1.54, 1.807) is 12.4 Å². The Bertz CT molecular complexity index is 1270. The van der Waals surface area contributed by atoms with Gasteiger partial charge in [-0.05, 0) is 29.7 Å². The fourth-order valence-electron chi connectivity index (χ4n) is 4.37. The fraction of sp³-hybridized carbons (Fsp3) is 0.308. The number of benzene rings is 2. The minimum absolute atomic E-state index is 0.334. The van der Waals surface area contributed by atoms with Crippen LogP contribution in [0.3, 0.4) is 0 Å². The number of aromatic nitrogens is 2. The smallest absolute Gasteiger partial charge is 0.307 e. The molecule has 2 aromatic carbocycles. The number of carbonyl (C=O) groups is 2. The largest absolute Gasteiger partial charge is 0.411 e. The number of carbonyl (C=O) groups excluding carboxylic acids is 2. The summed E-state index contributed by atoms with van der Waals surface area (Å²) in [6, 6.07) is 15.6. The van der Waals surface area contributed by atoms with Gasteiger partial charge in [0.2, 0.25) is 0 Å². The number of amides is 1. The third kappa shape index (κ3) is 4.38. The van der Waals surface area contributed by atoms with Crippen molar-refractivity contribution >= 4 is 25.1 Å². The van der Waals surface area contributed by atoms with Gasteiger partial charge in [0.25, 0.3) is 5.91 Å². The van der Waals surface area contributed by atoms with Crippen molar-refractivity contribution in [1.29, 1.82) is 0 Å². The first-order chi connectivity index (χ1) is 16.4. The summed E-state index contributed by atoms with van der Waals surface area (Å²) in [5, 5.41) is 4.45. The molecule has 182 valence electrons. The van der Waals surface area contributed by atoms with E-state index in [0.29, 0.717) is 17.0 Å². The summed E-state index contributed by atoms with van der Waals surface area (Å²) in [6.45, 7) is 9.89. The van der Waals surface area contributed by atoms with Crippen LogP contribution in [-0.2, 0) is 19.9 Å². The number of hydrogen-bond acceptors (Lipinski definition) is 7. The predicted octanol–water partition coefficient (Wildman–Crippen LogP) is 2.44. The number of likely N-dealkylation sites (N-methyl/N-ethyl adjacent to an activating group) is 1. The summed E-state index contributed by atoms with van der Waals surface area (Å²) in [6.07, 6.45) is 3.50. The number of nitrogens with zero attached hydrogens (tertiary/aromatic N) is 3. The standard InChI is InChI=1S/C26H31N5O3Si/c1-17-28-15-20(16-29-17)19-8-7-9-22(14-19)25(21-10-12-23(13-11-21)35(4,5)6)24(33)31(3)26(27,30-25)34-18(2)32/h7-16,30H,27H2,1-6H3. The summed E-state index contributed by atoms with van der Waals surface area (Å²) in [7, 11) is -0.0395. The number of hydrogen-bond donors (Lipinski definition) is 2. The number of esters is 1. The van der Waals surface area contributed by atoms with Crippen LogP contribution in [0.2, 0.25) is 19.6 Å². The quantitative estimate of drug-likeness (QED) is 0.322. The van der Waals surface area contributed by atoms with Crippen LogP contribution in [0.25, 0.3) is 11.1 Å². The molecule has 0 spiro atoms. The minimum atomic E-state index is -1.82. The zero-order chi connectivity index (χ0) is 25.6. The van der Waals surface area contributed by atoms with E-state index in [4.69, 9.17) is 10.5 Å². The Morgan fingerprint density at radius 2 is 1.66 bits per heavy atom. The van der Waals surface area contributed by atoms with Gasteiger partial charge in [-0.3, -0.25) is 20.2 Å². The summed E-state index contributed by atoms with van der Waals surface area (Å²) >= 11 is 0. The summed E-state index contributed by atoms with van der Waals surface area (Å²) < 4.78 is 5.41. The van der Waals surface area contributed by atoms with E-state index in [-0.39, 0.29) is 5.91 Å². The first-order valence-corrected chi connectivity index (χ1v) is 14.9. The number of aryl methyl sites for hydroxylation is 1. The molecule has 1 saturated heterocycles. The van der Waals surface area contributed by atoms with Gasteiger partial charge in [0, 0.05) is 31.9 Å². The van der Waals surface area contributed by atoms with Gasteiger partial charge in [0.05, 0.1) is 8.07 Å². The first-order valence-electron chi connectivity index (χ1n) is 11.4. The molecular formula is C26H31N5O3Si. The van der Waals surface area contributed by atoms with Gasteiger partial charge >= 0.3 is 11.9 Å². The second-order valence-electron chi connectivity index (χ2n) is 9.96. The average Bonchev–Trinajstić information content (AvgIpc) is 3.00. The van der Waals surface area contributed by atoms with Gasteiger partial charge in [0.1, 0.15) is 5.82 Å². The zero-order valence-corrected chi connectivity index (χ0v) is 21.9. The lowest BCUT2D eigenvalue weighted by Gasteiger charge is -2.32. The highest BCUT2D eigenvalue weighted by Crippen LogP contribution is 2.40. The molecule has 8 nitrogen and oxygen atoms in total. The minimum Gasteiger partial charge on any atom is -0.411 e. The maximum Gasteiger partial charge on any atom is 0.307 e. The molecule has 9 heteroatoms. The SMILES string of the molecule is CC(=O)OC1(N)NC(c2ccc([Si](C)(C)C)cc2)(c2cccc(-c3cnc(C)nc3)c2)C(=O)N1C. The number of ether oxygens (including phenoxy) is 1. The molecule has 3 N–H and O–H groups in total. The number of rotatable bonds is 5. The second-order valence-corrected chi connectivity index (χ2v) is 15.0. The van der Waals surface area contributed by atoms with Crippen LogP contribution in [0, 0.1) is 6.92 Å². The molecule has 2 unspecified atom stereocenters. The third-order valence-corrected chi connectivity index (χ3v) is 8.45. The molecule has 1 fully saturated rings. The maximum absolute atomic E-state index is 14.0. The average molecular weight is 490 g/mol. The maximum atomic E-state index is 14.0. The lowest BCUT2D eigenvalue weighted by Crippen LogP contribution is -2.63. The van der Waals surface area contributed by atoms with Crippen LogP contribution in [0.4, 0.5) is 0 Å². The van der Waals surface area contributed by atoms with E-state index in [2.05, 4.69) is 47.1 Å². The Kier molecular flexibility index (Phi) is 6.12. The monoisotopic (exact) mass is 489 g/mol. The molecular weight excluding hydrogens is 458 g/mol. The van der Waals surface area contributed by atoms with Gasteiger partial charge < -0.3 is 4.74 Å². The normalized spacial score (nSPS) is 22.4. The van der Waals surface area contributed by atoms with Gasteiger partial charge in [-0.1, -0.05) is 67.3 Å². The molecule has 0 aliphatic carbocycles. The van der Waals surface area contributed by atoms with Gasteiger partial charge in [0.15, 0.2) is 5.54 Å². The Morgan fingerprint density at radius 3 is 2.23 bits per heavy atom. The zero-order valence-electron chi connectivity index (χ0n) is 20.9. The highest BCUT2D eigenvalue weighted by Gasteiger charge is 2.60. The predicted molar refractivity (Wildman–Crippen MR) is 137 cm³/mol. The lowest BCUT2D eigenvalue weighted by molar-refractivity contribution is -0.180. The van der Waals surface area contributed by atoms with Crippen LogP contribution >= 0.6 is 0 Å². The van der Waals surface area contributed by atoms with Crippen LogP contribution < -0.4 is 16.2 Å². The van der Waals surface area contributed by atoms with E-state index in [1.165, 1.54) is 24.1 Å². The molecule has 1 amide bonds. The Hall–Kier alpha value is -3.40. The van der Waals surface area contributed by atoms with Gasteiger partial charge in [-0.25, -0.2) is 15.3 Å². The van der Waals surface area contributed by atoms with Crippen molar-refractivity contribution in [2.24, 2.45) is 5.73 Å². The first kappa shape index (κ1) is 24.7. The molecule has 35 heavy (non-hydrogen) atoms. The summed E-state index contributed by atoms with van der Waals surface area (Å²) in [4.78, 5) is 35.7. The molecule has 3 aromatic rings. The fourth-order valence-corrected chi connectivity index (χ4v) is 5.54. The molecule has 0 saturated carbocycles. The van der Waals surface area contributed by atoms with Crippen LogP contribution in [-0.4, -0.2) is 47.8 Å². The topological polar surface area (TPSA) is 110 Å². The Morgan fingerprint density at radius 1 is 1.03 bits per heavy atom. The molecule has 0 radical (unpaired) electrons. The lowest BCUT2D eigenvalue weighted by atomic mass is 9.81. The molecule has 0 bridgehead atoms. The summed E-state index contributed by atoms with van der Waals surface area (Å²) in [5.74, 6) is -2.08. The summed E-state index contributed by atoms with van der Waals surface area (Å²) in [5.41, 5.74) is 8.10. The van der Waals surface area contributed by atoms with Crippen LogP contribution in [0.1, 0.15) is 23.9 Å². The van der Waals surface area contributed by atoms with E-state index in [0.717, 1.165) is 11.1 Å². The van der Waals surface area contributed by atoms with E-state index in [9.17, 15) is 9.59 Å². The highest BCUT2D eigenvalue weighted by atomic mass is 28.3. The molecule has 2 atom stereocenters. The van der Waals surface area contributed by atoms with Gasteiger partial charge in [-0.2, -0.15) is 0 Å². The van der Waals surface area contributed by atoms with E-state index >= 15 is 0 Å². The van der Waals surface area contributed by atoms with Crippen molar-refractivity contribution in [2.75, 3.05) is 7.05 Å². The molecule has 4 rings (SSSR count). The Labute approximate surface area is 206 Å². The van der Waals surface area contributed by atoms with Crippen molar-refractivity contribution in [3.05, 3.63) is 77.9 Å². The van der Waals surface area contributed by atoms with Crippen molar-refractivity contribution in [3.8, 4) is 11.1 Å². The third-order valence-electron chi connectivity index (χ3n) is 6.38. The van der Waals surface area contributed by atoms with Crippen molar-refractivity contribution in [1.82, 2.24) is 20.2 Å². The molecule has 2 heterocycles.